The van der Waals surface area contributed by atoms with E-state index in [4.69, 9.17) is 9.47 Å². The Morgan fingerprint density at radius 1 is 0.967 bits per heavy atom. The lowest BCUT2D eigenvalue weighted by Gasteiger charge is -2.08. The van der Waals surface area contributed by atoms with Crippen molar-refractivity contribution in [3.63, 3.8) is 0 Å². The third kappa shape index (κ3) is 3.88. The molecule has 0 spiro atoms. The predicted octanol–water partition coefficient (Wildman–Crippen LogP) is 4.56. The van der Waals surface area contributed by atoms with Gasteiger partial charge in [-0.25, -0.2) is 4.79 Å². The van der Waals surface area contributed by atoms with E-state index in [9.17, 15) is 9.59 Å². The third-order valence-corrected chi connectivity index (χ3v) is 5.61. The normalized spacial score (nSPS) is 11.5. The van der Waals surface area contributed by atoms with Gasteiger partial charge in [0.1, 0.15) is 11.5 Å². The van der Waals surface area contributed by atoms with Crippen molar-refractivity contribution in [1.29, 1.82) is 0 Å². The molecule has 4 aromatic rings. The average molecular weight is 418 g/mol. The van der Waals surface area contributed by atoms with Gasteiger partial charge in [-0.1, -0.05) is 41.7 Å². The number of aromatic nitrogens is 1. The van der Waals surface area contributed by atoms with Crippen LogP contribution in [0.2, 0.25) is 0 Å². The van der Waals surface area contributed by atoms with E-state index in [0.717, 1.165) is 10.2 Å². The fraction of sp³-hybridized carbons (Fsp3) is 0.0870. The summed E-state index contributed by atoms with van der Waals surface area (Å²) < 4.78 is 13.3. The topological polar surface area (TPSA) is 69.9 Å². The Balaban J connectivity index is 1.72. The van der Waals surface area contributed by atoms with Gasteiger partial charge >= 0.3 is 5.97 Å². The van der Waals surface area contributed by atoms with Gasteiger partial charge in [0.2, 0.25) is 0 Å². The van der Waals surface area contributed by atoms with E-state index in [1.165, 1.54) is 18.4 Å². The number of carbonyl (C=O) groups is 2. The summed E-state index contributed by atoms with van der Waals surface area (Å²) in [7, 11) is 3.17. The molecule has 0 unspecified atom stereocenters. The maximum Gasteiger partial charge on any atom is 0.337 e. The van der Waals surface area contributed by atoms with Crippen LogP contribution < -0.4 is 9.54 Å². The number of carbonyl (C=O) groups excluding carboxylic acids is 2. The van der Waals surface area contributed by atoms with Gasteiger partial charge in [0, 0.05) is 7.05 Å². The highest BCUT2D eigenvalue weighted by Crippen LogP contribution is 2.26. The molecule has 30 heavy (non-hydrogen) atoms. The zero-order valence-corrected chi connectivity index (χ0v) is 17.2. The van der Waals surface area contributed by atoms with Crippen molar-refractivity contribution in [2.45, 2.75) is 0 Å². The summed E-state index contributed by atoms with van der Waals surface area (Å²) in [5.41, 5.74) is 1.69. The molecule has 3 aromatic carbocycles. The predicted molar refractivity (Wildman–Crippen MR) is 115 cm³/mol. The van der Waals surface area contributed by atoms with Crippen LogP contribution in [0.4, 0.5) is 0 Å². The molecule has 6 nitrogen and oxygen atoms in total. The highest BCUT2D eigenvalue weighted by molar-refractivity contribution is 7.16. The van der Waals surface area contributed by atoms with Gasteiger partial charge in [0.05, 0.1) is 28.5 Å². The summed E-state index contributed by atoms with van der Waals surface area (Å²) in [6, 6.07) is 21.5. The summed E-state index contributed by atoms with van der Waals surface area (Å²) in [5.74, 6) is 0.265. The number of ether oxygens (including phenoxy) is 2. The molecule has 0 atom stereocenters. The number of para-hydroxylation sites is 2. The summed E-state index contributed by atoms with van der Waals surface area (Å²) in [5, 5.41) is 0. The molecule has 0 radical (unpaired) electrons. The quantitative estimate of drug-likeness (QED) is 0.456. The standard InChI is InChI=1S/C23H18N2O4S/c1-25-18-13-12-15(22(27)28-2)14-20(18)30-23(25)24-21(26)17-10-6-7-11-19(17)29-16-8-4-3-5-9-16/h3-14H,1-2H3. The maximum absolute atomic E-state index is 12.9. The number of benzene rings is 3. The first-order valence-corrected chi connectivity index (χ1v) is 9.97. The number of amides is 1. The molecule has 1 aromatic heterocycles. The van der Waals surface area contributed by atoms with Crippen LogP contribution in [-0.4, -0.2) is 23.6 Å². The summed E-state index contributed by atoms with van der Waals surface area (Å²) in [6.07, 6.45) is 0. The van der Waals surface area contributed by atoms with Crippen LogP contribution in [0.25, 0.3) is 10.2 Å². The van der Waals surface area contributed by atoms with Crippen molar-refractivity contribution in [3.05, 3.63) is 88.7 Å². The fourth-order valence-corrected chi connectivity index (χ4v) is 4.04. The number of hydrogen-bond acceptors (Lipinski definition) is 5. The summed E-state index contributed by atoms with van der Waals surface area (Å²) in [4.78, 5) is 29.6. The molecule has 0 saturated heterocycles. The second kappa shape index (κ2) is 8.34. The van der Waals surface area contributed by atoms with E-state index >= 15 is 0 Å². The smallest absolute Gasteiger partial charge is 0.337 e. The SMILES string of the molecule is COC(=O)c1ccc2c(c1)sc(=NC(=O)c1ccccc1Oc1ccccc1)n2C. The average Bonchev–Trinajstić information content (AvgIpc) is 3.08. The number of methoxy groups -OCH3 is 1. The second-order valence-electron chi connectivity index (χ2n) is 6.45. The number of esters is 1. The molecule has 1 amide bonds. The van der Waals surface area contributed by atoms with E-state index in [2.05, 4.69) is 4.99 Å². The molecule has 0 aliphatic rings. The van der Waals surface area contributed by atoms with E-state index in [0.29, 0.717) is 27.4 Å². The van der Waals surface area contributed by atoms with Gasteiger partial charge in [0.25, 0.3) is 5.91 Å². The summed E-state index contributed by atoms with van der Waals surface area (Å²) in [6.45, 7) is 0. The first-order chi connectivity index (χ1) is 14.6. The number of rotatable bonds is 4. The Bertz CT molecular complexity index is 1310. The molecule has 0 fully saturated rings. The van der Waals surface area contributed by atoms with Crippen molar-refractivity contribution < 1.29 is 19.1 Å². The first-order valence-electron chi connectivity index (χ1n) is 9.15. The molecular weight excluding hydrogens is 400 g/mol. The summed E-state index contributed by atoms with van der Waals surface area (Å²) >= 11 is 1.33. The number of thiazole rings is 1. The fourth-order valence-electron chi connectivity index (χ4n) is 2.98. The first kappa shape index (κ1) is 19.6. The van der Waals surface area contributed by atoms with Crippen LogP contribution in [0.3, 0.4) is 0 Å². The minimum Gasteiger partial charge on any atom is -0.465 e. The van der Waals surface area contributed by atoms with Gasteiger partial charge in [0.15, 0.2) is 4.80 Å². The Kier molecular flexibility index (Phi) is 5.45. The largest absolute Gasteiger partial charge is 0.465 e. The van der Waals surface area contributed by atoms with Crippen molar-refractivity contribution in [1.82, 2.24) is 4.57 Å². The zero-order valence-electron chi connectivity index (χ0n) is 16.4. The van der Waals surface area contributed by atoms with Gasteiger partial charge in [-0.15, -0.1) is 0 Å². The van der Waals surface area contributed by atoms with Crippen LogP contribution in [0, 0.1) is 0 Å². The lowest BCUT2D eigenvalue weighted by molar-refractivity contribution is 0.0600. The Morgan fingerprint density at radius 3 is 2.47 bits per heavy atom. The van der Waals surface area contributed by atoms with Gasteiger partial charge < -0.3 is 14.0 Å². The molecule has 150 valence electrons. The highest BCUT2D eigenvalue weighted by atomic mass is 32.1. The molecular formula is C23H18N2O4S. The Labute approximate surface area is 176 Å². The lowest BCUT2D eigenvalue weighted by Crippen LogP contribution is -2.13. The number of hydrogen-bond donors (Lipinski definition) is 0. The van der Waals surface area contributed by atoms with Crippen molar-refractivity contribution in [2.24, 2.45) is 12.0 Å². The monoisotopic (exact) mass is 418 g/mol. The molecule has 0 aliphatic heterocycles. The van der Waals surface area contributed by atoms with E-state index < -0.39 is 11.9 Å². The minimum atomic E-state index is -0.408. The maximum atomic E-state index is 12.9. The number of aryl methyl sites for hydroxylation is 1. The second-order valence-corrected chi connectivity index (χ2v) is 7.46. The zero-order chi connectivity index (χ0) is 21.1. The van der Waals surface area contributed by atoms with E-state index in [1.807, 2.05) is 54.1 Å². The minimum absolute atomic E-state index is 0.369. The third-order valence-electron chi connectivity index (χ3n) is 4.52. The lowest BCUT2D eigenvalue weighted by atomic mass is 10.2. The van der Waals surface area contributed by atoms with Gasteiger partial charge in [-0.2, -0.15) is 4.99 Å². The molecule has 0 bridgehead atoms. The van der Waals surface area contributed by atoms with Crippen molar-refractivity contribution in [2.75, 3.05) is 7.11 Å². The van der Waals surface area contributed by atoms with E-state index in [1.54, 1.807) is 30.3 Å². The van der Waals surface area contributed by atoms with E-state index in [-0.39, 0.29) is 0 Å². The number of fused-ring (bicyclic) bond motifs is 1. The molecule has 7 heteroatoms. The molecule has 1 heterocycles. The Hall–Kier alpha value is -3.71. The van der Waals surface area contributed by atoms with Gasteiger partial charge in [-0.3, -0.25) is 4.79 Å². The van der Waals surface area contributed by atoms with Crippen molar-refractivity contribution >= 4 is 33.4 Å². The van der Waals surface area contributed by atoms with Crippen molar-refractivity contribution in [3.8, 4) is 11.5 Å². The molecule has 0 aliphatic carbocycles. The molecule has 0 saturated carbocycles. The van der Waals surface area contributed by atoms with Crippen LogP contribution >= 0.6 is 11.3 Å². The van der Waals surface area contributed by atoms with Crippen LogP contribution in [0.5, 0.6) is 11.5 Å². The van der Waals surface area contributed by atoms with Crippen LogP contribution in [0.15, 0.2) is 77.8 Å². The highest BCUT2D eigenvalue weighted by Gasteiger charge is 2.14. The Morgan fingerprint density at radius 2 is 1.70 bits per heavy atom. The van der Waals surface area contributed by atoms with Gasteiger partial charge in [-0.05, 0) is 42.5 Å². The molecule has 4 rings (SSSR count). The molecule has 0 N–H and O–H groups in total. The number of nitrogens with zero attached hydrogens (tertiary/aromatic N) is 2. The van der Waals surface area contributed by atoms with Crippen LogP contribution in [-0.2, 0) is 11.8 Å². The van der Waals surface area contributed by atoms with Crippen LogP contribution in [0.1, 0.15) is 20.7 Å².